The molecule has 2 aromatic heterocycles. The third-order valence-electron chi connectivity index (χ3n) is 2.79. The van der Waals surface area contributed by atoms with Crippen LogP contribution in [0.15, 0.2) is 43.2 Å². The van der Waals surface area contributed by atoms with Gasteiger partial charge < -0.3 is 9.88 Å². The predicted molar refractivity (Wildman–Crippen MR) is 67.5 cm³/mol. The molecule has 2 heterocycles. The van der Waals surface area contributed by atoms with Gasteiger partial charge in [-0.3, -0.25) is 4.98 Å². The Morgan fingerprint density at radius 3 is 3.00 bits per heavy atom. The van der Waals surface area contributed by atoms with E-state index in [2.05, 4.69) is 32.8 Å². The fourth-order valence-electron chi connectivity index (χ4n) is 1.75. The molecule has 4 heteroatoms. The minimum atomic E-state index is 0.353. The minimum absolute atomic E-state index is 0.353. The molecule has 2 rings (SSSR count). The lowest BCUT2D eigenvalue weighted by atomic mass is 10.1. The number of imidazole rings is 1. The minimum Gasteiger partial charge on any atom is -0.337 e. The normalized spacial score (nSPS) is 12.5. The van der Waals surface area contributed by atoms with Crippen LogP contribution < -0.4 is 5.32 Å². The molecule has 1 unspecified atom stereocenters. The molecule has 0 amide bonds. The Kier molecular flexibility index (Phi) is 4.27. The Morgan fingerprint density at radius 1 is 1.35 bits per heavy atom. The van der Waals surface area contributed by atoms with Crippen molar-refractivity contribution >= 4 is 0 Å². The zero-order valence-electron chi connectivity index (χ0n) is 10.1. The zero-order valence-corrected chi connectivity index (χ0v) is 10.1. The highest BCUT2D eigenvalue weighted by atomic mass is 15.0. The number of aryl methyl sites for hydroxylation is 1. The lowest BCUT2D eigenvalue weighted by Gasteiger charge is -2.13. The van der Waals surface area contributed by atoms with Crippen LogP contribution in [0.3, 0.4) is 0 Å². The Labute approximate surface area is 102 Å². The van der Waals surface area contributed by atoms with Gasteiger partial charge in [-0.2, -0.15) is 0 Å². The first-order valence-electron chi connectivity index (χ1n) is 5.95. The average molecular weight is 230 g/mol. The van der Waals surface area contributed by atoms with Crippen LogP contribution in [0.4, 0.5) is 0 Å². The zero-order chi connectivity index (χ0) is 11.9. The topological polar surface area (TPSA) is 42.7 Å². The van der Waals surface area contributed by atoms with Crippen LogP contribution in [0.2, 0.25) is 0 Å². The van der Waals surface area contributed by atoms with Gasteiger partial charge in [0.05, 0.1) is 6.33 Å². The van der Waals surface area contributed by atoms with Crippen LogP contribution >= 0.6 is 0 Å². The summed E-state index contributed by atoms with van der Waals surface area (Å²) < 4.78 is 2.09. The van der Waals surface area contributed by atoms with Gasteiger partial charge in [-0.15, -0.1) is 0 Å². The third-order valence-corrected chi connectivity index (χ3v) is 2.79. The quantitative estimate of drug-likeness (QED) is 0.772. The van der Waals surface area contributed by atoms with E-state index in [4.69, 9.17) is 0 Å². The summed E-state index contributed by atoms with van der Waals surface area (Å²) in [6.07, 6.45) is 10.5. The van der Waals surface area contributed by atoms with Crippen molar-refractivity contribution in [3.05, 3.63) is 48.8 Å². The molecule has 0 aliphatic carbocycles. The highest BCUT2D eigenvalue weighted by Crippen LogP contribution is 2.09. The molecule has 2 aromatic rings. The number of hydrogen-bond acceptors (Lipinski definition) is 3. The molecular weight excluding hydrogens is 212 g/mol. The molecule has 90 valence electrons. The van der Waals surface area contributed by atoms with Crippen LogP contribution in [-0.2, 0) is 6.54 Å². The summed E-state index contributed by atoms with van der Waals surface area (Å²) in [5, 5.41) is 3.49. The first kappa shape index (κ1) is 11.8. The van der Waals surface area contributed by atoms with Crippen molar-refractivity contribution in [2.45, 2.75) is 25.9 Å². The summed E-state index contributed by atoms with van der Waals surface area (Å²) in [6.45, 7) is 4.16. The molecule has 0 aliphatic heterocycles. The summed E-state index contributed by atoms with van der Waals surface area (Å²) in [5.41, 5.74) is 1.23. The maximum absolute atomic E-state index is 4.12. The van der Waals surface area contributed by atoms with Gasteiger partial charge in [-0.1, -0.05) is 6.07 Å². The van der Waals surface area contributed by atoms with Crippen molar-refractivity contribution in [2.24, 2.45) is 0 Å². The van der Waals surface area contributed by atoms with E-state index in [1.165, 1.54) is 5.56 Å². The van der Waals surface area contributed by atoms with E-state index in [9.17, 15) is 0 Å². The molecule has 1 atom stereocenters. The van der Waals surface area contributed by atoms with Gasteiger partial charge in [0.2, 0.25) is 0 Å². The van der Waals surface area contributed by atoms with Crippen LogP contribution in [-0.4, -0.2) is 21.1 Å². The maximum atomic E-state index is 4.12. The van der Waals surface area contributed by atoms with Gasteiger partial charge in [0.25, 0.3) is 0 Å². The molecule has 0 fully saturated rings. The van der Waals surface area contributed by atoms with E-state index in [0.717, 1.165) is 19.5 Å². The number of nitrogens with zero attached hydrogens (tertiary/aromatic N) is 3. The second-order valence-corrected chi connectivity index (χ2v) is 4.12. The average Bonchev–Trinajstić information content (AvgIpc) is 2.88. The molecule has 0 radical (unpaired) electrons. The molecular formula is C13H18N4. The van der Waals surface area contributed by atoms with Crippen molar-refractivity contribution < 1.29 is 0 Å². The van der Waals surface area contributed by atoms with E-state index in [0.29, 0.717) is 6.04 Å². The third kappa shape index (κ3) is 3.67. The molecule has 0 spiro atoms. The molecule has 0 aliphatic rings. The Bertz CT molecular complexity index is 410. The predicted octanol–water partition coefficient (Wildman–Crippen LogP) is 2.02. The van der Waals surface area contributed by atoms with Crippen molar-refractivity contribution in [1.29, 1.82) is 0 Å². The monoisotopic (exact) mass is 230 g/mol. The van der Waals surface area contributed by atoms with Crippen molar-refractivity contribution in [3.8, 4) is 0 Å². The second-order valence-electron chi connectivity index (χ2n) is 4.12. The summed E-state index contributed by atoms with van der Waals surface area (Å²) >= 11 is 0. The molecule has 1 N–H and O–H groups in total. The lowest BCUT2D eigenvalue weighted by Crippen LogP contribution is -2.20. The van der Waals surface area contributed by atoms with Gasteiger partial charge in [-0.25, -0.2) is 4.98 Å². The Morgan fingerprint density at radius 2 is 2.29 bits per heavy atom. The van der Waals surface area contributed by atoms with Gasteiger partial charge in [0, 0.05) is 37.4 Å². The first-order chi connectivity index (χ1) is 8.36. The molecule has 0 saturated carbocycles. The number of pyridine rings is 1. The maximum Gasteiger partial charge on any atom is 0.0945 e. The summed E-state index contributed by atoms with van der Waals surface area (Å²) in [7, 11) is 0. The standard InChI is InChI=1S/C13H18N4/c1-12(13-4-2-5-14-10-13)16-6-3-8-17-9-7-15-11-17/h2,4-5,7,9-12,16H,3,6,8H2,1H3. The van der Waals surface area contributed by atoms with Gasteiger partial charge in [0.1, 0.15) is 0 Å². The van der Waals surface area contributed by atoms with Crippen LogP contribution in [0.1, 0.15) is 24.9 Å². The summed E-state index contributed by atoms with van der Waals surface area (Å²) in [4.78, 5) is 8.14. The fraction of sp³-hybridized carbons (Fsp3) is 0.385. The Balaban J connectivity index is 1.68. The molecule has 4 nitrogen and oxygen atoms in total. The SMILES string of the molecule is CC(NCCCn1ccnc1)c1cccnc1. The summed E-state index contributed by atoms with van der Waals surface area (Å²) in [5.74, 6) is 0. The number of rotatable bonds is 6. The van der Waals surface area contributed by atoms with E-state index < -0.39 is 0 Å². The van der Waals surface area contributed by atoms with Crippen LogP contribution in [0, 0.1) is 0 Å². The summed E-state index contributed by atoms with van der Waals surface area (Å²) in [6, 6.07) is 4.42. The number of nitrogens with one attached hydrogen (secondary N) is 1. The van der Waals surface area contributed by atoms with E-state index in [-0.39, 0.29) is 0 Å². The van der Waals surface area contributed by atoms with Gasteiger partial charge >= 0.3 is 0 Å². The lowest BCUT2D eigenvalue weighted by molar-refractivity contribution is 0.526. The largest absolute Gasteiger partial charge is 0.337 e. The second kappa shape index (κ2) is 6.15. The molecule has 0 bridgehead atoms. The van der Waals surface area contributed by atoms with E-state index in [1.807, 2.05) is 31.0 Å². The van der Waals surface area contributed by atoms with Crippen LogP contribution in [0.25, 0.3) is 0 Å². The van der Waals surface area contributed by atoms with Gasteiger partial charge in [-0.05, 0) is 31.5 Å². The van der Waals surface area contributed by atoms with Crippen LogP contribution in [0.5, 0.6) is 0 Å². The Hall–Kier alpha value is -1.68. The van der Waals surface area contributed by atoms with E-state index >= 15 is 0 Å². The van der Waals surface area contributed by atoms with Gasteiger partial charge in [0.15, 0.2) is 0 Å². The smallest absolute Gasteiger partial charge is 0.0945 e. The molecule has 17 heavy (non-hydrogen) atoms. The van der Waals surface area contributed by atoms with Crippen molar-refractivity contribution in [2.75, 3.05) is 6.54 Å². The highest BCUT2D eigenvalue weighted by Gasteiger charge is 2.03. The molecule has 0 saturated heterocycles. The first-order valence-corrected chi connectivity index (χ1v) is 5.95. The number of aromatic nitrogens is 3. The van der Waals surface area contributed by atoms with Crippen molar-refractivity contribution in [1.82, 2.24) is 19.9 Å². The van der Waals surface area contributed by atoms with E-state index in [1.54, 1.807) is 6.20 Å². The molecule has 0 aromatic carbocycles. The number of hydrogen-bond donors (Lipinski definition) is 1. The highest BCUT2D eigenvalue weighted by molar-refractivity contribution is 5.12. The fourth-order valence-corrected chi connectivity index (χ4v) is 1.75. The van der Waals surface area contributed by atoms with Crippen molar-refractivity contribution in [3.63, 3.8) is 0 Å².